The maximum absolute atomic E-state index is 13.3. The van der Waals surface area contributed by atoms with Gasteiger partial charge in [-0.1, -0.05) is 19.1 Å². The van der Waals surface area contributed by atoms with Crippen LogP contribution in [0.1, 0.15) is 131 Å². The lowest BCUT2D eigenvalue weighted by molar-refractivity contribution is -0.123. The molecule has 2 amide bonds. The van der Waals surface area contributed by atoms with Gasteiger partial charge < -0.3 is 15.2 Å². The van der Waals surface area contributed by atoms with E-state index in [2.05, 4.69) is 121 Å². The zero-order chi connectivity index (χ0) is 37.4. The summed E-state index contributed by atoms with van der Waals surface area (Å²) in [6, 6.07) is 9.37. The Morgan fingerprint density at radius 3 is 1.70 bits per heavy atom. The zero-order valence-corrected chi connectivity index (χ0v) is 33.7. The van der Waals surface area contributed by atoms with Crippen LogP contribution in [-0.2, 0) is 25.8 Å². The maximum Gasteiger partial charge on any atom is 0.235 e. The predicted octanol–water partition coefficient (Wildman–Crippen LogP) is 6.48. The molecule has 0 saturated carbocycles. The van der Waals surface area contributed by atoms with Crippen molar-refractivity contribution in [2.45, 2.75) is 165 Å². The molecule has 2 N–H and O–H groups in total. The Bertz CT molecular complexity index is 1570. The second-order valence-corrected chi connectivity index (χ2v) is 19.9. The van der Waals surface area contributed by atoms with Crippen molar-refractivity contribution < 1.29 is 18.0 Å². The number of amides is 2. The summed E-state index contributed by atoms with van der Waals surface area (Å²) in [5, 5.41) is 6.33. The van der Waals surface area contributed by atoms with Crippen LogP contribution >= 0.6 is 0 Å². The first-order valence-electron chi connectivity index (χ1n) is 18.5. The van der Waals surface area contributed by atoms with E-state index in [1.807, 2.05) is 18.2 Å². The third-order valence-corrected chi connectivity index (χ3v) is 13.8. The van der Waals surface area contributed by atoms with Gasteiger partial charge in [-0.2, -0.15) is 0 Å². The number of carbonyl (C=O) groups is 2. The van der Waals surface area contributed by atoms with Gasteiger partial charge in [0.05, 0.1) is 11.3 Å². The molecule has 4 rings (SSSR count). The van der Waals surface area contributed by atoms with Crippen molar-refractivity contribution in [3.05, 3.63) is 53.9 Å². The molecule has 0 radical (unpaired) electrons. The Kier molecular flexibility index (Phi) is 11.8. The number of hydrogen-bond donors (Lipinski definition) is 2. The van der Waals surface area contributed by atoms with E-state index in [1.165, 1.54) is 0 Å². The Hall–Kier alpha value is -2.69. The normalized spacial score (nSPS) is 22.5. The van der Waals surface area contributed by atoms with Gasteiger partial charge in [0, 0.05) is 52.7 Å². The molecule has 10 heteroatoms. The van der Waals surface area contributed by atoms with Gasteiger partial charge in [-0.25, -0.2) is 8.42 Å². The first-order valence-corrected chi connectivity index (χ1v) is 20.2. The minimum Gasteiger partial charge on any atom is -0.353 e. The van der Waals surface area contributed by atoms with Gasteiger partial charge in [-0.05, 0) is 150 Å². The van der Waals surface area contributed by atoms with E-state index >= 15 is 0 Å². The SMILES string of the molecule is CCC(CC(C)n1ccc(CC(=O)NC2CC(C)(C)N(C)C(C)(C)C2)c1)c1ccc(S(=O)(=O)CC(=O)NC2CC(C)(C)N(C)C(C)(C)C2)cc1. The molecule has 2 fully saturated rings. The number of carbonyl (C=O) groups excluding carboxylic acids is 2. The lowest BCUT2D eigenvalue weighted by atomic mass is 9.77. The summed E-state index contributed by atoms with van der Waals surface area (Å²) in [5.74, 6) is -0.721. The van der Waals surface area contributed by atoms with Gasteiger partial charge in [0.1, 0.15) is 5.75 Å². The molecule has 2 aromatic rings. The number of likely N-dealkylation sites (tertiary alicyclic amines) is 2. The summed E-state index contributed by atoms with van der Waals surface area (Å²) in [4.78, 5) is 31.0. The smallest absolute Gasteiger partial charge is 0.235 e. The summed E-state index contributed by atoms with van der Waals surface area (Å²) in [7, 11) is 0.491. The molecule has 2 saturated heterocycles. The molecule has 0 aliphatic carbocycles. The van der Waals surface area contributed by atoms with Gasteiger partial charge in [0.15, 0.2) is 9.84 Å². The van der Waals surface area contributed by atoms with Crippen LogP contribution in [0.25, 0.3) is 0 Å². The fourth-order valence-electron chi connectivity index (χ4n) is 8.79. The molecule has 0 bridgehead atoms. The zero-order valence-electron chi connectivity index (χ0n) is 32.9. The van der Waals surface area contributed by atoms with Crippen LogP contribution in [0.3, 0.4) is 0 Å². The quantitative estimate of drug-likeness (QED) is 0.261. The Labute approximate surface area is 302 Å². The molecule has 1 aromatic heterocycles. The summed E-state index contributed by atoms with van der Waals surface area (Å²) in [5.41, 5.74) is 1.89. The standard InChI is InChI=1S/C40H65N5O4S/c1-13-30(20-28(2)45-19-18-29(26-45)21-35(46)41-32-22-37(3,4)43(11)38(5,6)23-32)31-14-16-34(17-15-31)50(48,49)27-36(47)42-33-24-39(7,8)44(12)40(9,10)25-33/h14-19,26,28,30,32-33H,13,20-25,27H2,1-12H3,(H,41,46)(H,42,47). The van der Waals surface area contributed by atoms with Crippen LogP contribution < -0.4 is 10.6 Å². The monoisotopic (exact) mass is 711 g/mol. The third-order valence-electron chi connectivity index (χ3n) is 12.1. The molecule has 2 aliphatic heterocycles. The van der Waals surface area contributed by atoms with Crippen molar-refractivity contribution in [3.8, 4) is 0 Å². The molecule has 50 heavy (non-hydrogen) atoms. The molecule has 0 spiro atoms. The number of aromatic nitrogens is 1. The van der Waals surface area contributed by atoms with Crippen LogP contribution in [0.15, 0.2) is 47.6 Å². The van der Waals surface area contributed by atoms with Crippen LogP contribution in [0, 0.1) is 0 Å². The minimum atomic E-state index is -3.79. The highest BCUT2D eigenvalue weighted by atomic mass is 32.2. The lowest BCUT2D eigenvalue weighted by Gasteiger charge is -2.53. The number of hydrogen-bond acceptors (Lipinski definition) is 6. The first-order chi connectivity index (χ1) is 23.0. The average Bonchev–Trinajstić information content (AvgIpc) is 3.44. The topological polar surface area (TPSA) is 104 Å². The molecule has 9 nitrogen and oxygen atoms in total. The van der Waals surface area contributed by atoms with E-state index in [1.54, 1.807) is 12.1 Å². The average molecular weight is 712 g/mol. The van der Waals surface area contributed by atoms with Crippen LogP contribution in [0.5, 0.6) is 0 Å². The van der Waals surface area contributed by atoms with Gasteiger partial charge in [-0.15, -0.1) is 0 Å². The maximum atomic E-state index is 13.3. The molecule has 280 valence electrons. The second kappa shape index (κ2) is 14.7. The largest absolute Gasteiger partial charge is 0.353 e. The van der Waals surface area contributed by atoms with Gasteiger partial charge >= 0.3 is 0 Å². The van der Waals surface area contributed by atoms with Gasteiger partial charge in [0.2, 0.25) is 11.8 Å². The van der Waals surface area contributed by atoms with Crippen molar-refractivity contribution in [2.75, 3.05) is 19.8 Å². The highest BCUT2D eigenvalue weighted by Gasteiger charge is 2.44. The fraction of sp³-hybridized carbons (Fsp3) is 0.700. The second-order valence-electron chi connectivity index (χ2n) is 17.9. The number of rotatable bonds is 12. The van der Waals surface area contributed by atoms with E-state index in [4.69, 9.17) is 0 Å². The summed E-state index contributed by atoms with van der Waals surface area (Å²) < 4.78 is 28.7. The van der Waals surface area contributed by atoms with Crippen LogP contribution in [-0.4, -0.2) is 88.7 Å². The number of sulfone groups is 1. The number of piperidine rings is 2. The number of nitrogens with zero attached hydrogens (tertiary/aromatic N) is 3. The van der Waals surface area contributed by atoms with E-state index in [0.29, 0.717) is 6.42 Å². The van der Waals surface area contributed by atoms with Crippen LogP contribution in [0.2, 0.25) is 0 Å². The summed E-state index contributed by atoms with van der Waals surface area (Å²) in [6.07, 6.45) is 9.63. The molecule has 2 atom stereocenters. The minimum absolute atomic E-state index is 0.0150. The van der Waals surface area contributed by atoms with Crippen molar-refractivity contribution >= 4 is 21.7 Å². The Morgan fingerprint density at radius 2 is 1.24 bits per heavy atom. The summed E-state index contributed by atoms with van der Waals surface area (Å²) in [6.45, 7) is 21.9. The van der Waals surface area contributed by atoms with E-state index in [0.717, 1.165) is 49.7 Å². The molecule has 3 heterocycles. The molecule has 1 aromatic carbocycles. The Balaban J connectivity index is 1.31. The number of benzene rings is 1. The van der Waals surface area contributed by atoms with E-state index < -0.39 is 21.5 Å². The van der Waals surface area contributed by atoms with Crippen molar-refractivity contribution in [2.24, 2.45) is 0 Å². The molecule has 2 aliphatic rings. The first kappa shape index (κ1) is 40.1. The highest BCUT2D eigenvalue weighted by Crippen LogP contribution is 2.38. The molecular formula is C40H65N5O4S. The van der Waals surface area contributed by atoms with Crippen molar-refractivity contribution in [1.29, 1.82) is 0 Å². The Morgan fingerprint density at radius 1 is 0.780 bits per heavy atom. The van der Waals surface area contributed by atoms with Crippen molar-refractivity contribution in [3.63, 3.8) is 0 Å². The molecule has 2 unspecified atom stereocenters. The highest BCUT2D eigenvalue weighted by molar-refractivity contribution is 7.92. The van der Waals surface area contributed by atoms with E-state index in [-0.39, 0.29) is 57.0 Å². The van der Waals surface area contributed by atoms with E-state index in [9.17, 15) is 18.0 Å². The lowest BCUT2D eigenvalue weighted by Crippen LogP contribution is -2.62. The van der Waals surface area contributed by atoms with Gasteiger partial charge in [-0.3, -0.25) is 19.4 Å². The predicted molar refractivity (Wildman–Crippen MR) is 203 cm³/mol. The number of nitrogens with one attached hydrogen (secondary N) is 2. The van der Waals surface area contributed by atoms with Crippen LogP contribution in [0.4, 0.5) is 0 Å². The van der Waals surface area contributed by atoms with Crippen molar-refractivity contribution in [1.82, 2.24) is 25.0 Å². The molecular weight excluding hydrogens is 647 g/mol. The van der Waals surface area contributed by atoms with Gasteiger partial charge in [0.25, 0.3) is 0 Å². The fourth-order valence-corrected chi connectivity index (χ4v) is 9.94. The summed E-state index contributed by atoms with van der Waals surface area (Å²) >= 11 is 0. The third kappa shape index (κ3) is 9.39.